The molecule has 0 saturated heterocycles. The fourth-order valence-electron chi connectivity index (χ4n) is 7.14. The molecule has 6 nitrogen and oxygen atoms in total. The van der Waals surface area contributed by atoms with Gasteiger partial charge in [-0.05, 0) is 36.3 Å². The van der Waals surface area contributed by atoms with Gasteiger partial charge >= 0.3 is 11.9 Å². The van der Waals surface area contributed by atoms with E-state index in [1.807, 2.05) is 13.0 Å². The molecule has 3 fully saturated rings. The van der Waals surface area contributed by atoms with Crippen LogP contribution in [-0.4, -0.2) is 34.7 Å². The summed E-state index contributed by atoms with van der Waals surface area (Å²) in [6.45, 7) is 3.63. The number of Topliss-reactive ketones (excluding diaryl/α,β-unsaturated/α-hetero) is 2. The molecular formula is C25H26O6. The molecule has 0 heterocycles. The molecule has 162 valence electrons. The maximum Gasteiger partial charge on any atom is 0.338 e. The van der Waals surface area contributed by atoms with Crippen LogP contribution in [0.3, 0.4) is 0 Å². The van der Waals surface area contributed by atoms with E-state index in [0.29, 0.717) is 18.4 Å². The summed E-state index contributed by atoms with van der Waals surface area (Å²) in [4.78, 5) is 52.3. The van der Waals surface area contributed by atoms with Crippen LogP contribution in [0.4, 0.5) is 0 Å². The molecule has 2 unspecified atom stereocenters. The zero-order valence-corrected chi connectivity index (χ0v) is 17.6. The number of carboxylic acid groups (broad SMARTS) is 1. The van der Waals surface area contributed by atoms with Crippen molar-refractivity contribution in [2.75, 3.05) is 0 Å². The van der Waals surface area contributed by atoms with Gasteiger partial charge in [-0.25, -0.2) is 4.79 Å². The third kappa shape index (κ3) is 2.57. The van der Waals surface area contributed by atoms with Gasteiger partial charge in [0.15, 0.2) is 5.78 Å². The van der Waals surface area contributed by atoms with Crippen molar-refractivity contribution in [3.63, 3.8) is 0 Å². The zero-order valence-electron chi connectivity index (χ0n) is 17.6. The standard InChI is InChI=1S/C25H26O6/c1-12-8-9-13(2)25(24(29)30)20(12)21(31-23(28)14-6-4-3-5-7-14)18-15-10-16(17(26)11-15)19(18)22(25)27/h3-9,12-13,15-16,18-21H,10-11H2,1-2H3,(H,29,30)/t12-,13+,15-,16+,18?,19?,20-,21+,25-/m0/s1. The van der Waals surface area contributed by atoms with Gasteiger partial charge in [-0.15, -0.1) is 0 Å². The highest BCUT2D eigenvalue weighted by Gasteiger charge is 2.73. The summed E-state index contributed by atoms with van der Waals surface area (Å²) in [5.74, 6) is -4.94. The molecule has 31 heavy (non-hydrogen) atoms. The van der Waals surface area contributed by atoms with Gasteiger partial charge in [-0.2, -0.15) is 0 Å². The molecule has 0 aromatic heterocycles. The van der Waals surface area contributed by atoms with Crippen molar-refractivity contribution in [2.24, 2.45) is 46.8 Å². The number of carboxylic acids is 1. The van der Waals surface area contributed by atoms with Crippen LogP contribution in [0, 0.1) is 46.8 Å². The Hall–Kier alpha value is -2.76. The van der Waals surface area contributed by atoms with Crippen LogP contribution in [0.25, 0.3) is 0 Å². The average Bonchev–Trinajstić information content (AvgIpc) is 3.30. The van der Waals surface area contributed by atoms with Crippen molar-refractivity contribution >= 4 is 23.5 Å². The van der Waals surface area contributed by atoms with Crippen molar-refractivity contribution < 1.29 is 29.0 Å². The minimum absolute atomic E-state index is 0.0405. The number of esters is 1. The van der Waals surface area contributed by atoms with E-state index in [-0.39, 0.29) is 29.3 Å². The number of hydrogen-bond donors (Lipinski definition) is 1. The van der Waals surface area contributed by atoms with Crippen molar-refractivity contribution in [1.29, 1.82) is 0 Å². The van der Waals surface area contributed by atoms with E-state index in [1.165, 1.54) is 0 Å². The summed E-state index contributed by atoms with van der Waals surface area (Å²) in [7, 11) is 0. The number of hydrogen-bond acceptors (Lipinski definition) is 5. The van der Waals surface area contributed by atoms with Crippen molar-refractivity contribution in [2.45, 2.75) is 32.8 Å². The molecule has 0 spiro atoms. The van der Waals surface area contributed by atoms with Crippen molar-refractivity contribution in [3.8, 4) is 0 Å². The van der Waals surface area contributed by atoms with Crippen LogP contribution in [-0.2, 0) is 19.1 Å². The lowest BCUT2D eigenvalue weighted by atomic mass is 9.47. The Morgan fingerprint density at radius 2 is 1.81 bits per heavy atom. The number of benzene rings is 1. The summed E-state index contributed by atoms with van der Waals surface area (Å²) in [5, 5.41) is 10.4. The normalized spacial score (nSPS) is 42.8. The Balaban J connectivity index is 1.65. The number of fused-ring (bicyclic) bond motifs is 6. The molecule has 1 N–H and O–H groups in total. The summed E-state index contributed by atoms with van der Waals surface area (Å²) in [6.07, 6.45) is 3.96. The number of ketones is 2. The summed E-state index contributed by atoms with van der Waals surface area (Å²) in [6, 6.07) is 8.62. The lowest BCUT2D eigenvalue weighted by molar-refractivity contribution is -0.189. The third-order valence-electron chi connectivity index (χ3n) is 8.39. The smallest absolute Gasteiger partial charge is 0.338 e. The Morgan fingerprint density at radius 1 is 1.10 bits per heavy atom. The fraction of sp³-hybridized carbons (Fsp3) is 0.520. The number of allylic oxidation sites excluding steroid dienone is 2. The van der Waals surface area contributed by atoms with Gasteiger partial charge < -0.3 is 9.84 Å². The highest BCUT2D eigenvalue weighted by molar-refractivity contribution is 6.08. The molecule has 1 aromatic carbocycles. The molecular weight excluding hydrogens is 396 g/mol. The Bertz CT molecular complexity index is 997. The minimum atomic E-state index is -1.69. The fourth-order valence-corrected chi connectivity index (χ4v) is 7.14. The number of carbonyl (C=O) groups is 4. The highest BCUT2D eigenvalue weighted by atomic mass is 16.5. The molecule has 9 atom stereocenters. The minimum Gasteiger partial charge on any atom is -0.480 e. The highest BCUT2D eigenvalue weighted by Crippen LogP contribution is 2.64. The summed E-state index contributed by atoms with van der Waals surface area (Å²) in [5.41, 5.74) is -1.30. The first-order valence-electron chi connectivity index (χ1n) is 11.0. The third-order valence-corrected chi connectivity index (χ3v) is 8.39. The van der Waals surface area contributed by atoms with Gasteiger partial charge in [-0.1, -0.05) is 44.2 Å². The predicted molar refractivity (Wildman–Crippen MR) is 110 cm³/mol. The second-order valence-electron chi connectivity index (χ2n) is 9.71. The monoisotopic (exact) mass is 422 g/mol. The largest absolute Gasteiger partial charge is 0.480 e. The first kappa shape index (κ1) is 20.2. The number of aliphatic carboxylic acids is 1. The summed E-state index contributed by atoms with van der Waals surface area (Å²) < 4.78 is 6.09. The SMILES string of the molecule is C[C@@H]1C=C[C@H](C)[C@H]2[C@H](OC(=O)c3ccccc3)C3C(C(=O)[C@@]21C(=O)O)[C@@H]1C[C@H]3CC1=O. The van der Waals surface area contributed by atoms with E-state index in [9.17, 15) is 24.3 Å². The van der Waals surface area contributed by atoms with Gasteiger partial charge in [0.2, 0.25) is 0 Å². The maximum absolute atomic E-state index is 13.9. The molecule has 0 amide bonds. The van der Waals surface area contributed by atoms with E-state index >= 15 is 0 Å². The number of carbonyl (C=O) groups excluding carboxylic acids is 3. The summed E-state index contributed by atoms with van der Waals surface area (Å²) >= 11 is 0. The van der Waals surface area contributed by atoms with E-state index in [4.69, 9.17) is 4.74 Å². The zero-order chi connectivity index (χ0) is 22.1. The van der Waals surface area contributed by atoms with E-state index < -0.39 is 47.1 Å². The molecule has 4 aliphatic rings. The molecule has 4 aliphatic carbocycles. The van der Waals surface area contributed by atoms with Gasteiger partial charge in [0, 0.05) is 30.1 Å². The first-order valence-corrected chi connectivity index (χ1v) is 11.0. The molecule has 6 heteroatoms. The number of ether oxygens (including phenoxy) is 1. The van der Waals surface area contributed by atoms with E-state index in [1.54, 1.807) is 43.3 Å². The van der Waals surface area contributed by atoms with Crippen molar-refractivity contribution in [1.82, 2.24) is 0 Å². The average molecular weight is 422 g/mol. The lowest BCUT2D eigenvalue weighted by Gasteiger charge is -2.55. The van der Waals surface area contributed by atoms with E-state index in [0.717, 1.165) is 0 Å². The topological polar surface area (TPSA) is 97.7 Å². The molecule has 5 rings (SSSR count). The van der Waals surface area contributed by atoms with Crippen LogP contribution in [0.1, 0.15) is 37.0 Å². The van der Waals surface area contributed by atoms with E-state index in [2.05, 4.69) is 0 Å². The predicted octanol–water partition coefficient (Wildman–Crippen LogP) is 3.17. The Morgan fingerprint density at radius 3 is 2.48 bits per heavy atom. The molecule has 3 saturated carbocycles. The number of rotatable bonds is 3. The molecule has 0 radical (unpaired) electrons. The second-order valence-corrected chi connectivity index (χ2v) is 9.71. The molecule has 1 aromatic rings. The van der Waals surface area contributed by atoms with Gasteiger partial charge in [0.05, 0.1) is 5.56 Å². The van der Waals surface area contributed by atoms with Crippen molar-refractivity contribution in [3.05, 3.63) is 48.0 Å². The Labute approximate surface area is 180 Å². The van der Waals surface area contributed by atoms with Gasteiger partial charge in [-0.3, -0.25) is 14.4 Å². The van der Waals surface area contributed by atoms with Gasteiger partial charge in [0.1, 0.15) is 17.3 Å². The quantitative estimate of drug-likeness (QED) is 0.457. The maximum atomic E-state index is 13.9. The van der Waals surface area contributed by atoms with Crippen LogP contribution < -0.4 is 0 Å². The van der Waals surface area contributed by atoms with Crippen LogP contribution in [0.15, 0.2) is 42.5 Å². The van der Waals surface area contributed by atoms with Crippen LogP contribution in [0.2, 0.25) is 0 Å². The molecule has 2 bridgehead atoms. The molecule has 0 aliphatic heterocycles. The first-order chi connectivity index (χ1) is 14.8. The van der Waals surface area contributed by atoms with Crippen LogP contribution >= 0.6 is 0 Å². The van der Waals surface area contributed by atoms with Crippen LogP contribution in [0.5, 0.6) is 0 Å². The lowest BCUT2D eigenvalue weighted by Crippen LogP contribution is -2.67. The van der Waals surface area contributed by atoms with Gasteiger partial charge in [0.25, 0.3) is 0 Å². The second kappa shape index (κ2) is 6.87. The Kier molecular flexibility index (Phi) is 4.47.